The maximum atomic E-state index is 11.9. The van der Waals surface area contributed by atoms with Crippen LogP contribution in [0.15, 0.2) is 218 Å². The molecule has 0 atom stereocenters. The first-order valence-electron chi connectivity index (χ1n) is 27.8. The van der Waals surface area contributed by atoms with Crippen LogP contribution in [0.2, 0.25) is 0 Å². The fourth-order valence-electron chi connectivity index (χ4n) is 14.2. The molecule has 0 unspecified atom stereocenters. The predicted molar refractivity (Wildman–Crippen MR) is 329 cm³/mol. The highest BCUT2D eigenvalue weighted by molar-refractivity contribution is 6.03. The summed E-state index contributed by atoms with van der Waals surface area (Å²) in [4.78, 5) is 9.56. The molecule has 0 aromatic heterocycles. The Kier molecular flexibility index (Phi) is 10.6. The Balaban J connectivity index is 1.12. The molecule has 10 aromatic rings. The van der Waals surface area contributed by atoms with E-state index in [0.717, 1.165) is 68.2 Å². The van der Waals surface area contributed by atoms with Gasteiger partial charge in [-0.25, -0.2) is 0 Å². The summed E-state index contributed by atoms with van der Waals surface area (Å²) in [5.74, 6) is 0. The summed E-state index contributed by atoms with van der Waals surface area (Å²) in [5, 5.41) is 23.8. The van der Waals surface area contributed by atoms with Crippen molar-refractivity contribution in [2.45, 2.75) is 77.0 Å². The summed E-state index contributed by atoms with van der Waals surface area (Å²) < 4.78 is 0. The van der Waals surface area contributed by atoms with Crippen molar-refractivity contribution in [1.82, 2.24) is 0 Å². The molecule has 0 saturated carbocycles. The van der Waals surface area contributed by atoms with Gasteiger partial charge in [-0.3, -0.25) is 0 Å². The third-order valence-electron chi connectivity index (χ3n) is 18.3. The van der Waals surface area contributed by atoms with Gasteiger partial charge in [0.15, 0.2) is 0 Å². The van der Waals surface area contributed by atoms with Crippen LogP contribution in [0.25, 0.3) is 11.1 Å². The molecule has 0 aliphatic carbocycles. The first-order chi connectivity index (χ1) is 38.7. The van der Waals surface area contributed by atoms with Gasteiger partial charge in [-0.05, 0) is 117 Å². The van der Waals surface area contributed by atoms with Crippen molar-refractivity contribution in [2.75, 3.05) is 19.6 Å². The molecule has 6 nitrogen and oxygen atoms in total. The maximum absolute atomic E-state index is 11.9. The Morgan fingerprint density at radius 1 is 0.237 bits per heavy atom. The highest BCUT2D eigenvalue weighted by Crippen LogP contribution is 2.62. The fraction of sp³-hybridized carbons (Fsp3) is 0.162. The molecule has 80 heavy (non-hydrogen) atoms. The van der Waals surface area contributed by atoms with Crippen LogP contribution in [0.4, 0.5) is 68.2 Å². The minimum absolute atomic E-state index is 0.317. The number of benzene rings is 10. The van der Waals surface area contributed by atoms with E-state index in [-0.39, 0.29) is 21.7 Å². The topological polar surface area (TPSA) is 60.5 Å². The number of nitriles is 2. The summed E-state index contributed by atoms with van der Waals surface area (Å²) in [6, 6.07) is 83.8. The van der Waals surface area contributed by atoms with Crippen molar-refractivity contribution >= 4 is 68.2 Å². The van der Waals surface area contributed by atoms with Crippen molar-refractivity contribution in [3.63, 3.8) is 0 Å². The van der Waals surface area contributed by atoms with Gasteiger partial charge >= 0.3 is 0 Å². The van der Waals surface area contributed by atoms with E-state index in [9.17, 15) is 10.5 Å². The fourth-order valence-corrected chi connectivity index (χ4v) is 14.2. The lowest BCUT2D eigenvalue weighted by Gasteiger charge is -2.46. The molecular weight excluding hydrogens is 973 g/mol. The van der Waals surface area contributed by atoms with E-state index >= 15 is 0 Å². The van der Waals surface area contributed by atoms with Crippen molar-refractivity contribution in [3.05, 3.63) is 274 Å². The number of anilines is 12. The normalized spacial score (nSPS) is 16.0. The molecule has 4 aliphatic rings. The highest BCUT2D eigenvalue weighted by Gasteiger charge is 2.44. The second-order valence-corrected chi connectivity index (χ2v) is 24.0. The lowest BCUT2D eigenvalue weighted by Crippen LogP contribution is -2.33. The molecule has 0 amide bonds. The van der Waals surface area contributed by atoms with Crippen LogP contribution in [-0.2, 0) is 21.7 Å². The zero-order chi connectivity index (χ0) is 55.0. The molecule has 0 fully saturated rings. The van der Waals surface area contributed by atoms with Crippen molar-refractivity contribution in [3.8, 4) is 23.3 Å². The average molecular weight is 1030 g/mol. The van der Waals surface area contributed by atoms with Gasteiger partial charge in [-0.1, -0.05) is 201 Å². The van der Waals surface area contributed by atoms with Gasteiger partial charge in [0.05, 0.1) is 91.5 Å². The first-order valence-corrected chi connectivity index (χ1v) is 27.8. The van der Waals surface area contributed by atoms with Gasteiger partial charge in [0.2, 0.25) is 0 Å². The lowest BCUT2D eigenvalue weighted by atomic mass is 9.73. The Morgan fingerprint density at radius 2 is 0.400 bits per heavy atom. The van der Waals surface area contributed by atoms with Crippen LogP contribution in [0.1, 0.15) is 111 Å². The van der Waals surface area contributed by atoms with E-state index in [0.29, 0.717) is 22.3 Å². The largest absolute Gasteiger partial charge is 0.308 e. The average Bonchev–Trinajstić information content (AvgIpc) is 3.62. The van der Waals surface area contributed by atoms with E-state index in [4.69, 9.17) is 0 Å². The number of para-hydroxylation sites is 8. The van der Waals surface area contributed by atoms with Crippen LogP contribution < -0.4 is 19.6 Å². The molecule has 386 valence electrons. The second kappa shape index (κ2) is 17.4. The van der Waals surface area contributed by atoms with Gasteiger partial charge in [0, 0.05) is 32.8 Å². The summed E-state index contributed by atoms with van der Waals surface area (Å²) >= 11 is 0. The highest BCUT2D eigenvalue weighted by atomic mass is 15.2. The SMILES string of the molecule is CC1(C)c2ccccc2N(c2cc(C#N)c(-c3cc(N4c5ccccc5C(C)(C)c5ccccc54)c(N4c5ccccc5C(C)(C)c5ccccc54)cc3C#N)cc2N2c3ccccc3C(C)(C)c3ccccc32)c2ccccc21. The molecule has 4 heterocycles. The summed E-state index contributed by atoms with van der Waals surface area (Å²) in [6.45, 7) is 18.5. The van der Waals surface area contributed by atoms with Crippen LogP contribution in [0.3, 0.4) is 0 Å². The molecule has 0 bridgehead atoms. The minimum atomic E-state index is -0.331. The number of fused-ring (bicyclic) bond motifs is 8. The van der Waals surface area contributed by atoms with Crippen LogP contribution in [0.5, 0.6) is 0 Å². The van der Waals surface area contributed by atoms with Crippen molar-refractivity contribution in [2.24, 2.45) is 0 Å². The molecular formula is C74H60N6. The summed E-state index contributed by atoms with van der Waals surface area (Å²) in [6.07, 6.45) is 0. The standard InChI is InChI=1S/C74H60N6/c1-71(2)51-25-9-17-33-59(51)77(60-34-18-10-26-52(60)71)67-41-47(45-75)49(43-69(67)79-63-37-21-13-29-55(63)73(5,6)56-30-14-22-38-64(56)79)50-44-70(80-65-39-23-15-31-57(65)74(7,8)58-32-16-24-40-66(58)80)68(42-48(50)46-76)78-61-35-19-11-27-53(61)72(3,4)54-28-12-20-36-62(54)78/h9-44H,1-8H3. The number of rotatable bonds is 5. The Hall–Kier alpha value is -9.62. The van der Waals surface area contributed by atoms with E-state index < -0.39 is 0 Å². The molecule has 4 aliphatic heterocycles. The molecule has 0 spiro atoms. The molecule has 14 rings (SSSR count). The lowest BCUT2D eigenvalue weighted by molar-refractivity contribution is 0.630. The third kappa shape index (κ3) is 6.75. The van der Waals surface area contributed by atoms with E-state index in [1.165, 1.54) is 44.5 Å². The molecule has 10 aromatic carbocycles. The second-order valence-electron chi connectivity index (χ2n) is 24.0. The smallest absolute Gasteiger partial charge is 0.0999 e. The zero-order valence-corrected chi connectivity index (χ0v) is 46.5. The van der Waals surface area contributed by atoms with Gasteiger partial charge in [-0.2, -0.15) is 10.5 Å². The number of hydrogen-bond acceptors (Lipinski definition) is 6. The van der Waals surface area contributed by atoms with Crippen molar-refractivity contribution < 1.29 is 0 Å². The minimum Gasteiger partial charge on any atom is -0.308 e. The summed E-state index contributed by atoms with van der Waals surface area (Å²) in [5.41, 5.74) is 22.3. The van der Waals surface area contributed by atoms with Crippen molar-refractivity contribution in [1.29, 1.82) is 10.5 Å². The Labute approximate surface area is 470 Å². The maximum Gasteiger partial charge on any atom is 0.0999 e. The van der Waals surface area contributed by atoms with Crippen LogP contribution in [-0.4, -0.2) is 0 Å². The zero-order valence-electron chi connectivity index (χ0n) is 46.5. The Morgan fingerprint density at radius 3 is 0.575 bits per heavy atom. The molecule has 0 radical (unpaired) electrons. The quantitative estimate of drug-likeness (QED) is 0.171. The van der Waals surface area contributed by atoms with Gasteiger partial charge < -0.3 is 19.6 Å². The van der Waals surface area contributed by atoms with E-state index in [1.54, 1.807) is 0 Å². The predicted octanol–water partition coefficient (Wildman–Crippen LogP) is 19.5. The number of nitrogens with zero attached hydrogens (tertiary/aromatic N) is 6. The molecule has 0 N–H and O–H groups in total. The molecule has 6 heteroatoms. The van der Waals surface area contributed by atoms with Gasteiger partial charge in [0.1, 0.15) is 0 Å². The monoisotopic (exact) mass is 1030 g/mol. The van der Waals surface area contributed by atoms with Crippen LogP contribution in [0, 0.1) is 22.7 Å². The van der Waals surface area contributed by atoms with E-state index in [2.05, 4.69) is 306 Å². The first kappa shape index (κ1) is 48.7. The van der Waals surface area contributed by atoms with Crippen LogP contribution >= 0.6 is 0 Å². The molecule has 0 saturated heterocycles. The third-order valence-corrected chi connectivity index (χ3v) is 18.3. The van der Waals surface area contributed by atoms with Gasteiger partial charge in [0.25, 0.3) is 0 Å². The summed E-state index contributed by atoms with van der Waals surface area (Å²) in [7, 11) is 0. The van der Waals surface area contributed by atoms with Gasteiger partial charge in [-0.15, -0.1) is 0 Å². The number of hydrogen-bond donors (Lipinski definition) is 0. The Bertz CT molecular complexity index is 3860. The van der Waals surface area contributed by atoms with E-state index in [1.807, 2.05) is 0 Å².